The third kappa shape index (κ3) is 3.09. The molecule has 2 heterocycles. The number of non-ortho nitro benzene ring substituents is 1. The molecule has 0 unspecified atom stereocenters. The number of carbonyl (C=O) groups is 1. The van der Waals surface area contributed by atoms with Gasteiger partial charge in [0.1, 0.15) is 0 Å². The molecule has 0 atom stereocenters. The zero-order chi connectivity index (χ0) is 17.1. The Morgan fingerprint density at radius 2 is 2.17 bits per heavy atom. The van der Waals surface area contributed by atoms with Crippen LogP contribution in [-0.4, -0.2) is 31.0 Å². The highest BCUT2D eigenvalue weighted by Crippen LogP contribution is 2.20. The summed E-state index contributed by atoms with van der Waals surface area (Å²) in [6.07, 6.45) is 3.82. The largest absolute Gasteiger partial charge is 0.324 e. The summed E-state index contributed by atoms with van der Waals surface area (Å²) in [5.74, 6) is 0.725. The van der Waals surface area contributed by atoms with Crippen LogP contribution >= 0.6 is 0 Å². The minimum absolute atomic E-state index is 0.0329. The SMILES string of the molecule is Cc1nn(-c2ccnc(Nc3cccc([N+](=O)[O-])c3)n2)cc1C=O. The molecule has 0 saturated heterocycles. The Labute approximate surface area is 136 Å². The van der Waals surface area contributed by atoms with Crippen LogP contribution in [0, 0.1) is 17.0 Å². The van der Waals surface area contributed by atoms with Crippen molar-refractivity contribution in [2.24, 2.45) is 0 Å². The summed E-state index contributed by atoms with van der Waals surface area (Å²) in [5, 5.41) is 17.9. The predicted molar refractivity (Wildman–Crippen MR) is 85.7 cm³/mol. The fourth-order valence-electron chi connectivity index (χ4n) is 2.07. The van der Waals surface area contributed by atoms with Crippen molar-refractivity contribution < 1.29 is 9.72 Å². The van der Waals surface area contributed by atoms with E-state index in [2.05, 4.69) is 20.4 Å². The van der Waals surface area contributed by atoms with Gasteiger partial charge in [-0.05, 0) is 13.0 Å². The number of aryl methyl sites for hydroxylation is 1. The molecule has 0 fully saturated rings. The molecule has 9 heteroatoms. The molecule has 0 amide bonds. The third-order valence-electron chi connectivity index (χ3n) is 3.25. The first-order chi connectivity index (χ1) is 11.6. The van der Waals surface area contributed by atoms with E-state index in [-0.39, 0.29) is 11.6 Å². The average molecular weight is 324 g/mol. The number of carbonyl (C=O) groups excluding carboxylic acids is 1. The van der Waals surface area contributed by atoms with Crippen LogP contribution in [-0.2, 0) is 0 Å². The van der Waals surface area contributed by atoms with Crippen LogP contribution in [0.3, 0.4) is 0 Å². The topological polar surface area (TPSA) is 116 Å². The highest BCUT2D eigenvalue weighted by Gasteiger charge is 2.09. The van der Waals surface area contributed by atoms with Crippen LogP contribution < -0.4 is 5.32 Å². The first kappa shape index (κ1) is 15.3. The monoisotopic (exact) mass is 324 g/mol. The van der Waals surface area contributed by atoms with Crippen molar-refractivity contribution in [3.05, 3.63) is 64.1 Å². The quantitative estimate of drug-likeness (QED) is 0.435. The normalized spacial score (nSPS) is 10.4. The molecular formula is C15H12N6O3. The van der Waals surface area contributed by atoms with Crippen molar-refractivity contribution in [1.82, 2.24) is 19.7 Å². The molecule has 1 aromatic carbocycles. The first-order valence-electron chi connectivity index (χ1n) is 6.93. The van der Waals surface area contributed by atoms with Crippen LogP contribution in [0.2, 0.25) is 0 Å². The van der Waals surface area contributed by atoms with Crippen LogP contribution in [0.4, 0.5) is 17.3 Å². The zero-order valence-electron chi connectivity index (χ0n) is 12.6. The first-order valence-corrected chi connectivity index (χ1v) is 6.93. The van der Waals surface area contributed by atoms with E-state index >= 15 is 0 Å². The molecule has 120 valence electrons. The van der Waals surface area contributed by atoms with Gasteiger partial charge in [-0.25, -0.2) is 9.67 Å². The lowest BCUT2D eigenvalue weighted by molar-refractivity contribution is -0.384. The van der Waals surface area contributed by atoms with Crippen molar-refractivity contribution in [3.8, 4) is 5.82 Å². The van der Waals surface area contributed by atoms with Gasteiger partial charge in [-0.2, -0.15) is 10.1 Å². The number of anilines is 2. The van der Waals surface area contributed by atoms with Gasteiger partial charge in [0, 0.05) is 36.3 Å². The van der Waals surface area contributed by atoms with Crippen molar-refractivity contribution in [2.75, 3.05) is 5.32 Å². The van der Waals surface area contributed by atoms with E-state index in [9.17, 15) is 14.9 Å². The molecular weight excluding hydrogens is 312 g/mol. The highest BCUT2D eigenvalue weighted by atomic mass is 16.6. The Hall–Kier alpha value is -3.62. The fraction of sp³-hybridized carbons (Fsp3) is 0.0667. The molecule has 0 saturated carbocycles. The van der Waals surface area contributed by atoms with Gasteiger partial charge in [-0.15, -0.1) is 0 Å². The highest BCUT2D eigenvalue weighted by molar-refractivity contribution is 5.76. The van der Waals surface area contributed by atoms with Gasteiger partial charge < -0.3 is 5.32 Å². The van der Waals surface area contributed by atoms with Crippen LogP contribution in [0.25, 0.3) is 5.82 Å². The number of aromatic nitrogens is 4. The summed E-state index contributed by atoms with van der Waals surface area (Å²) in [6.45, 7) is 1.73. The Bertz CT molecular complexity index is 921. The van der Waals surface area contributed by atoms with E-state index in [4.69, 9.17) is 0 Å². The smallest absolute Gasteiger partial charge is 0.271 e. The van der Waals surface area contributed by atoms with E-state index in [1.807, 2.05) is 0 Å². The number of aldehydes is 1. The number of hydrogen-bond donors (Lipinski definition) is 1. The molecule has 0 spiro atoms. The molecule has 9 nitrogen and oxygen atoms in total. The zero-order valence-corrected chi connectivity index (χ0v) is 12.6. The molecule has 0 aliphatic heterocycles. The molecule has 1 N–H and O–H groups in total. The summed E-state index contributed by atoms with van der Waals surface area (Å²) < 4.78 is 1.47. The van der Waals surface area contributed by atoms with E-state index in [1.54, 1.807) is 31.3 Å². The second-order valence-corrected chi connectivity index (χ2v) is 4.90. The van der Waals surface area contributed by atoms with Gasteiger partial charge in [-0.1, -0.05) is 6.07 Å². The molecule has 0 aliphatic rings. The molecule has 0 aliphatic carbocycles. The number of nitro benzene ring substituents is 1. The maximum absolute atomic E-state index is 10.9. The number of benzene rings is 1. The van der Waals surface area contributed by atoms with Gasteiger partial charge in [0.2, 0.25) is 5.95 Å². The van der Waals surface area contributed by atoms with Crippen LogP contribution in [0.1, 0.15) is 16.1 Å². The Morgan fingerprint density at radius 3 is 2.88 bits per heavy atom. The summed E-state index contributed by atoms with van der Waals surface area (Å²) in [5.41, 5.74) is 1.53. The molecule has 2 aromatic heterocycles. The predicted octanol–water partition coefficient (Wildman–Crippen LogP) is 2.44. The van der Waals surface area contributed by atoms with E-state index in [0.717, 1.165) is 6.29 Å². The van der Waals surface area contributed by atoms with Crippen molar-refractivity contribution >= 4 is 23.6 Å². The van der Waals surface area contributed by atoms with Crippen molar-refractivity contribution in [1.29, 1.82) is 0 Å². The molecule has 3 rings (SSSR count). The number of hydrogen-bond acceptors (Lipinski definition) is 7. The standard InChI is InChI=1S/C15H12N6O3/c1-10-11(9-22)8-20(19-10)14-5-6-16-15(18-14)17-12-3-2-4-13(7-12)21(23)24/h2-9H,1H3,(H,16,17,18). The maximum atomic E-state index is 10.9. The molecule has 3 aromatic rings. The molecule has 0 radical (unpaired) electrons. The minimum Gasteiger partial charge on any atom is -0.324 e. The summed E-state index contributed by atoms with van der Waals surface area (Å²) in [4.78, 5) is 29.6. The average Bonchev–Trinajstić information content (AvgIpc) is 2.96. The van der Waals surface area contributed by atoms with E-state index in [0.29, 0.717) is 22.8 Å². The minimum atomic E-state index is -0.476. The van der Waals surface area contributed by atoms with Crippen molar-refractivity contribution in [3.63, 3.8) is 0 Å². The molecule has 24 heavy (non-hydrogen) atoms. The van der Waals surface area contributed by atoms with Crippen LogP contribution in [0.5, 0.6) is 0 Å². The van der Waals surface area contributed by atoms with Gasteiger partial charge in [0.25, 0.3) is 5.69 Å². The van der Waals surface area contributed by atoms with Gasteiger partial charge in [0.15, 0.2) is 12.1 Å². The van der Waals surface area contributed by atoms with E-state index < -0.39 is 4.92 Å². The number of rotatable bonds is 5. The Morgan fingerprint density at radius 1 is 1.33 bits per heavy atom. The van der Waals surface area contributed by atoms with E-state index in [1.165, 1.54) is 23.0 Å². The number of nitrogens with one attached hydrogen (secondary N) is 1. The molecule has 0 bridgehead atoms. The lowest BCUT2D eigenvalue weighted by atomic mass is 10.3. The second-order valence-electron chi connectivity index (χ2n) is 4.90. The summed E-state index contributed by atoms with van der Waals surface area (Å²) >= 11 is 0. The Balaban J connectivity index is 1.89. The van der Waals surface area contributed by atoms with Crippen molar-refractivity contribution in [2.45, 2.75) is 6.92 Å². The number of nitrogens with zero attached hydrogens (tertiary/aromatic N) is 5. The summed E-state index contributed by atoms with van der Waals surface area (Å²) in [6, 6.07) is 7.66. The van der Waals surface area contributed by atoms with Gasteiger partial charge in [0.05, 0.1) is 16.2 Å². The second kappa shape index (κ2) is 6.24. The van der Waals surface area contributed by atoms with Gasteiger partial charge in [-0.3, -0.25) is 14.9 Å². The van der Waals surface area contributed by atoms with Gasteiger partial charge >= 0.3 is 0 Å². The lowest BCUT2D eigenvalue weighted by Crippen LogP contribution is -2.03. The van der Waals surface area contributed by atoms with Crippen LogP contribution in [0.15, 0.2) is 42.7 Å². The fourth-order valence-corrected chi connectivity index (χ4v) is 2.07. The lowest BCUT2D eigenvalue weighted by Gasteiger charge is -2.06. The third-order valence-corrected chi connectivity index (χ3v) is 3.25. The summed E-state index contributed by atoms with van der Waals surface area (Å²) in [7, 11) is 0. The maximum Gasteiger partial charge on any atom is 0.271 e. The number of nitro groups is 1. The Kier molecular flexibility index (Phi) is 3.98.